The smallest absolute Gasteiger partial charge is 0.142 e. The molecule has 1 aromatic rings. The Morgan fingerprint density at radius 3 is 2.73 bits per heavy atom. The fraction of sp³-hybridized carbons (Fsp3) is 0.667. The van der Waals surface area contributed by atoms with Crippen LogP contribution in [-0.2, 0) is 17.6 Å². The summed E-state index contributed by atoms with van der Waals surface area (Å²) in [5.74, 6) is 1.76. The van der Waals surface area contributed by atoms with Crippen LogP contribution in [0.2, 0.25) is 0 Å². The lowest BCUT2D eigenvalue weighted by atomic mass is 9.99. The normalized spacial score (nSPS) is 23.8. The van der Waals surface area contributed by atoms with Gasteiger partial charge in [-0.15, -0.1) is 0 Å². The molecule has 0 amide bonds. The van der Waals surface area contributed by atoms with Crippen LogP contribution >= 0.6 is 0 Å². The molecule has 0 radical (unpaired) electrons. The Morgan fingerprint density at radius 1 is 1.14 bits per heavy atom. The molecule has 3 aliphatic rings. The molecule has 4 nitrogen and oxygen atoms in total. The van der Waals surface area contributed by atoms with Crippen molar-refractivity contribution in [1.82, 2.24) is 5.32 Å². The number of hydrogen-bond acceptors (Lipinski definition) is 4. The summed E-state index contributed by atoms with van der Waals surface area (Å²) >= 11 is 0. The highest BCUT2D eigenvalue weighted by atomic mass is 16.5. The van der Waals surface area contributed by atoms with Crippen molar-refractivity contribution in [3.05, 3.63) is 23.3 Å². The first-order valence-electron chi connectivity index (χ1n) is 8.22. The number of anilines is 1. The van der Waals surface area contributed by atoms with Gasteiger partial charge in [0.1, 0.15) is 12.4 Å². The number of ether oxygens (including phenoxy) is 2. The second-order valence-corrected chi connectivity index (χ2v) is 6.36. The van der Waals surface area contributed by atoms with Gasteiger partial charge in [0, 0.05) is 19.1 Å². The summed E-state index contributed by atoms with van der Waals surface area (Å²) in [6.45, 7) is 6.92. The van der Waals surface area contributed by atoms with Crippen molar-refractivity contribution >= 4 is 5.69 Å². The zero-order valence-corrected chi connectivity index (χ0v) is 12.6. The van der Waals surface area contributed by atoms with Crippen LogP contribution in [0.4, 0.5) is 5.69 Å². The monoisotopic (exact) mass is 304 g/mol. The Hall–Kier alpha value is -1.26. The highest BCUT2D eigenvalue weighted by molar-refractivity contribution is 5.63. The molecule has 1 atom stereocenters. The van der Waals surface area contributed by atoms with Crippen LogP contribution in [0.3, 0.4) is 0 Å². The Bertz CT molecular complexity index is 512. The van der Waals surface area contributed by atoms with Gasteiger partial charge in [-0.05, 0) is 55.6 Å². The quantitative estimate of drug-likeness (QED) is 0.908. The topological polar surface area (TPSA) is 33.7 Å². The second-order valence-electron chi connectivity index (χ2n) is 6.36. The van der Waals surface area contributed by atoms with Gasteiger partial charge in [0.2, 0.25) is 0 Å². The van der Waals surface area contributed by atoms with E-state index >= 15 is 0 Å². The van der Waals surface area contributed by atoms with E-state index in [1.807, 2.05) is 0 Å². The summed E-state index contributed by atoms with van der Waals surface area (Å²) in [7, 11) is 0. The average molecular weight is 304 g/mol. The molecule has 1 unspecified atom stereocenters. The Morgan fingerprint density at radius 2 is 1.95 bits per heavy atom. The van der Waals surface area contributed by atoms with Crippen molar-refractivity contribution < 1.29 is 9.47 Å². The lowest BCUT2D eigenvalue weighted by Crippen LogP contribution is -2.37. The Labute approximate surface area is 133 Å². The summed E-state index contributed by atoms with van der Waals surface area (Å²) in [6.07, 6.45) is 3.44. The Kier molecular flexibility index (Phi) is 4.89. The SMILES string of the molecule is C.c1c2c(cc3c1OCCN3CC1CCOC1)CCNCC2. The fourth-order valence-electron chi connectivity index (χ4n) is 3.67. The van der Waals surface area contributed by atoms with Crippen LogP contribution < -0.4 is 15.0 Å². The average Bonchev–Trinajstić information content (AvgIpc) is 2.90. The number of nitrogens with one attached hydrogen (secondary N) is 1. The molecule has 4 rings (SSSR count). The van der Waals surface area contributed by atoms with Gasteiger partial charge in [0.25, 0.3) is 0 Å². The van der Waals surface area contributed by atoms with E-state index in [4.69, 9.17) is 9.47 Å². The highest BCUT2D eigenvalue weighted by Gasteiger charge is 2.25. The lowest BCUT2D eigenvalue weighted by Gasteiger charge is -2.33. The van der Waals surface area contributed by atoms with Crippen LogP contribution in [-0.4, -0.2) is 46.0 Å². The summed E-state index contributed by atoms with van der Waals surface area (Å²) < 4.78 is 11.5. The van der Waals surface area contributed by atoms with Crippen molar-refractivity contribution in [2.45, 2.75) is 26.7 Å². The summed E-state index contributed by atoms with van der Waals surface area (Å²) in [5.41, 5.74) is 4.26. The molecule has 0 aliphatic carbocycles. The molecule has 3 aliphatic heterocycles. The van der Waals surface area contributed by atoms with Gasteiger partial charge >= 0.3 is 0 Å². The first-order chi connectivity index (χ1) is 10.4. The van der Waals surface area contributed by atoms with Crippen LogP contribution in [0.15, 0.2) is 12.1 Å². The molecule has 0 bridgehead atoms. The maximum absolute atomic E-state index is 5.93. The van der Waals surface area contributed by atoms with Gasteiger partial charge in [0.15, 0.2) is 0 Å². The number of rotatable bonds is 2. The van der Waals surface area contributed by atoms with Crippen molar-refractivity contribution in [3.63, 3.8) is 0 Å². The molecular formula is C18H28N2O2. The van der Waals surface area contributed by atoms with E-state index in [1.165, 1.54) is 23.2 Å². The maximum atomic E-state index is 5.93. The van der Waals surface area contributed by atoms with Crippen molar-refractivity contribution in [2.24, 2.45) is 5.92 Å². The molecule has 0 saturated carbocycles. The van der Waals surface area contributed by atoms with E-state index in [0.717, 1.165) is 64.6 Å². The number of fused-ring (bicyclic) bond motifs is 2. The van der Waals surface area contributed by atoms with Gasteiger partial charge in [-0.1, -0.05) is 7.43 Å². The van der Waals surface area contributed by atoms with Crippen molar-refractivity contribution in [3.8, 4) is 5.75 Å². The predicted octanol–water partition coefficient (Wildman–Crippen LogP) is 2.25. The third-order valence-corrected chi connectivity index (χ3v) is 4.89. The third-order valence-electron chi connectivity index (χ3n) is 4.89. The van der Waals surface area contributed by atoms with Gasteiger partial charge in [0.05, 0.1) is 18.8 Å². The minimum Gasteiger partial charge on any atom is -0.490 e. The highest BCUT2D eigenvalue weighted by Crippen LogP contribution is 2.36. The number of benzene rings is 1. The second kappa shape index (κ2) is 6.88. The summed E-state index contributed by atoms with van der Waals surface area (Å²) in [6, 6.07) is 4.67. The van der Waals surface area contributed by atoms with Gasteiger partial charge in [-0.3, -0.25) is 0 Å². The Balaban J connectivity index is 0.00000144. The minimum atomic E-state index is 0. The molecule has 3 heterocycles. The molecule has 122 valence electrons. The van der Waals surface area contributed by atoms with Crippen LogP contribution in [0.5, 0.6) is 5.75 Å². The first kappa shape index (κ1) is 15.6. The first-order valence-corrected chi connectivity index (χ1v) is 8.22. The van der Waals surface area contributed by atoms with Gasteiger partial charge in [-0.25, -0.2) is 0 Å². The minimum absolute atomic E-state index is 0. The van der Waals surface area contributed by atoms with E-state index < -0.39 is 0 Å². The summed E-state index contributed by atoms with van der Waals surface area (Å²) in [5, 5.41) is 3.48. The molecular weight excluding hydrogens is 276 g/mol. The van der Waals surface area contributed by atoms with Gasteiger partial charge in [-0.2, -0.15) is 0 Å². The van der Waals surface area contributed by atoms with E-state index in [9.17, 15) is 0 Å². The molecule has 0 aromatic heterocycles. The lowest BCUT2D eigenvalue weighted by molar-refractivity contribution is 0.186. The number of hydrogen-bond donors (Lipinski definition) is 1. The van der Waals surface area contributed by atoms with E-state index in [-0.39, 0.29) is 7.43 Å². The largest absolute Gasteiger partial charge is 0.490 e. The zero-order chi connectivity index (χ0) is 14.1. The van der Waals surface area contributed by atoms with Crippen LogP contribution in [0.1, 0.15) is 25.0 Å². The van der Waals surface area contributed by atoms with Crippen LogP contribution in [0.25, 0.3) is 0 Å². The third kappa shape index (κ3) is 3.08. The van der Waals surface area contributed by atoms with Crippen LogP contribution in [0, 0.1) is 5.92 Å². The van der Waals surface area contributed by atoms with E-state index in [1.54, 1.807) is 0 Å². The molecule has 4 heteroatoms. The van der Waals surface area contributed by atoms with Gasteiger partial charge < -0.3 is 19.7 Å². The van der Waals surface area contributed by atoms with E-state index in [2.05, 4.69) is 22.3 Å². The van der Waals surface area contributed by atoms with Crippen molar-refractivity contribution in [1.29, 1.82) is 0 Å². The molecule has 0 spiro atoms. The molecule has 1 saturated heterocycles. The summed E-state index contributed by atoms with van der Waals surface area (Å²) in [4.78, 5) is 2.51. The molecule has 1 fully saturated rings. The maximum Gasteiger partial charge on any atom is 0.142 e. The fourth-order valence-corrected chi connectivity index (χ4v) is 3.67. The molecule has 1 aromatic carbocycles. The molecule has 22 heavy (non-hydrogen) atoms. The zero-order valence-electron chi connectivity index (χ0n) is 12.6. The predicted molar refractivity (Wildman–Crippen MR) is 90.1 cm³/mol. The van der Waals surface area contributed by atoms with E-state index in [0.29, 0.717) is 5.92 Å². The standard InChI is InChI=1S/C17H24N2O2.CH4/c1-4-18-5-2-15-10-17-16(9-14(1)15)19(6-8-21-17)11-13-3-7-20-12-13;/h9-10,13,18H,1-8,11-12H2;1H4. The molecule has 1 N–H and O–H groups in total. The number of nitrogens with zero attached hydrogens (tertiary/aromatic N) is 1. The van der Waals surface area contributed by atoms with Crippen molar-refractivity contribution in [2.75, 3.05) is 50.9 Å².